The van der Waals surface area contributed by atoms with Crippen LogP contribution in [0.2, 0.25) is 0 Å². The maximum Gasteiger partial charge on any atom is 0.211 e. The average Bonchev–Trinajstić information content (AvgIpc) is 2.65. The number of nitrogens with zero attached hydrogens (tertiary/aromatic N) is 3. The van der Waals surface area contributed by atoms with E-state index in [2.05, 4.69) is 9.89 Å². The van der Waals surface area contributed by atoms with Gasteiger partial charge in [-0.05, 0) is 19.3 Å². The van der Waals surface area contributed by atoms with E-state index in [1.165, 1.54) is 36.2 Å². The van der Waals surface area contributed by atoms with Crippen molar-refractivity contribution in [1.82, 2.24) is 9.21 Å². The van der Waals surface area contributed by atoms with Gasteiger partial charge in [0.1, 0.15) is 0 Å². The highest BCUT2D eigenvalue weighted by atomic mass is 127. The van der Waals surface area contributed by atoms with Gasteiger partial charge in [0.15, 0.2) is 5.96 Å². The zero-order valence-electron chi connectivity index (χ0n) is 13.1. The molecule has 1 fully saturated rings. The van der Waals surface area contributed by atoms with E-state index in [1.54, 1.807) is 0 Å². The summed E-state index contributed by atoms with van der Waals surface area (Å²) in [6, 6.07) is 0. The van der Waals surface area contributed by atoms with Crippen LogP contribution in [0, 0.1) is 0 Å². The topological polar surface area (TPSA) is 79.0 Å². The van der Waals surface area contributed by atoms with Crippen molar-refractivity contribution < 1.29 is 8.42 Å². The van der Waals surface area contributed by atoms with Crippen LogP contribution < -0.4 is 5.73 Å². The lowest BCUT2D eigenvalue weighted by Gasteiger charge is -2.21. The lowest BCUT2D eigenvalue weighted by atomic mass is 10.2. The molecule has 2 N–H and O–H groups in total. The van der Waals surface area contributed by atoms with Crippen molar-refractivity contribution in [1.29, 1.82) is 0 Å². The number of nitrogens with two attached hydrogens (primary N) is 1. The molecule has 8 heteroatoms. The fourth-order valence-corrected chi connectivity index (χ4v) is 3.33. The van der Waals surface area contributed by atoms with Crippen LogP contribution in [-0.4, -0.2) is 62.6 Å². The van der Waals surface area contributed by atoms with Crippen molar-refractivity contribution in [2.24, 2.45) is 10.7 Å². The number of rotatable bonds is 6. The molecule has 0 amide bonds. The van der Waals surface area contributed by atoms with Crippen molar-refractivity contribution in [2.45, 2.75) is 39.0 Å². The Morgan fingerprint density at radius 2 is 1.81 bits per heavy atom. The van der Waals surface area contributed by atoms with Gasteiger partial charge in [-0.3, -0.25) is 4.99 Å². The fourth-order valence-electron chi connectivity index (χ4n) is 2.40. The summed E-state index contributed by atoms with van der Waals surface area (Å²) >= 11 is 0. The Morgan fingerprint density at radius 1 is 1.24 bits per heavy atom. The summed E-state index contributed by atoms with van der Waals surface area (Å²) in [5.74, 6) is 0.606. The molecule has 0 spiro atoms. The van der Waals surface area contributed by atoms with Gasteiger partial charge < -0.3 is 10.6 Å². The van der Waals surface area contributed by atoms with Crippen LogP contribution >= 0.6 is 24.0 Å². The molecule has 0 saturated carbocycles. The van der Waals surface area contributed by atoms with Gasteiger partial charge in [-0.25, -0.2) is 12.7 Å². The second-order valence-electron chi connectivity index (χ2n) is 5.25. The van der Waals surface area contributed by atoms with Gasteiger partial charge in [0.2, 0.25) is 10.0 Å². The van der Waals surface area contributed by atoms with E-state index in [-0.39, 0.29) is 24.0 Å². The van der Waals surface area contributed by atoms with Crippen LogP contribution in [0.25, 0.3) is 0 Å². The number of likely N-dealkylation sites (tertiary alicyclic amines) is 1. The summed E-state index contributed by atoms with van der Waals surface area (Å²) in [5.41, 5.74) is 6.00. The molecule has 1 rings (SSSR count). The molecule has 0 unspecified atom stereocenters. The Morgan fingerprint density at radius 3 is 2.29 bits per heavy atom. The highest BCUT2D eigenvalue weighted by molar-refractivity contribution is 14.0. The number of hydrogen-bond acceptors (Lipinski definition) is 3. The van der Waals surface area contributed by atoms with Crippen LogP contribution in [0.3, 0.4) is 0 Å². The average molecular weight is 432 g/mol. The highest BCUT2D eigenvalue weighted by Gasteiger charge is 2.13. The number of sulfonamides is 1. The van der Waals surface area contributed by atoms with Crippen molar-refractivity contribution in [3.8, 4) is 0 Å². The van der Waals surface area contributed by atoms with Crippen LogP contribution in [0.15, 0.2) is 4.99 Å². The molecule has 1 saturated heterocycles. The molecule has 126 valence electrons. The maximum atomic E-state index is 11.4. The predicted molar refractivity (Wildman–Crippen MR) is 98.7 cm³/mol. The van der Waals surface area contributed by atoms with Gasteiger partial charge in [0, 0.05) is 32.7 Å². The number of aliphatic imine (C=N–C) groups is 1. The standard InChI is InChI=1S/C13H28N4O2S.HI/c1-3-17(20(2,18)19)12-8-9-15-13(14)16-10-6-4-5-7-11-16;/h3-12H2,1-2H3,(H2,14,15);1H. The number of hydrogen-bond donors (Lipinski definition) is 1. The molecular formula is C13H29IN4O2S. The minimum atomic E-state index is -3.10. The van der Waals surface area contributed by atoms with E-state index in [1.807, 2.05) is 6.92 Å². The second-order valence-corrected chi connectivity index (χ2v) is 7.23. The Balaban J connectivity index is 0.00000400. The van der Waals surface area contributed by atoms with E-state index in [4.69, 9.17) is 5.73 Å². The molecule has 1 aliphatic heterocycles. The van der Waals surface area contributed by atoms with E-state index < -0.39 is 10.0 Å². The van der Waals surface area contributed by atoms with Gasteiger partial charge in [0.25, 0.3) is 0 Å². The molecule has 0 radical (unpaired) electrons. The molecule has 6 nitrogen and oxygen atoms in total. The lowest BCUT2D eigenvalue weighted by molar-refractivity contribution is 0.419. The maximum absolute atomic E-state index is 11.4. The fraction of sp³-hybridized carbons (Fsp3) is 0.923. The zero-order valence-corrected chi connectivity index (χ0v) is 16.3. The molecule has 0 aromatic carbocycles. The third-order valence-corrected chi connectivity index (χ3v) is 4.97. The van der Waals surface area contributed by atoms with Crippen LogP contribution in [-0.2, 0) is 10.0 Å². The summed E-state index contributed by atoms with van der Waals surface area (Å²) in [5, 5.41) is 0. The first-order valence-corrected chi connectivity index (χ1v) is 9.30. The van der Waals surface area contributed by atoms with Gasteiger partial charge in [-0.1, -0.05) is 19.8 Å². The molecule has 1 heterocycles. The molecule has 0 atom stereocenters. The van der Waals surface area contributed by atoms with Gasteiger partial charge in [0.05, 0.1) is 6.26 Å². The first-order chi connectivity index (χ1) is 9.45. The van der Waals surface area contributed by atoms with Crippen LogP contribution in [0.5, 0.6) is 0 Å². The van der Waals surface area contributed by atoms with E-state index >= 15 is 0 Å². The van der Waals surface area contributed by atoms with Crippen molar-refractivity contribution >= 4 is 40.0 Å². The Labute approximate surface area is 146 Å². The van der Waals surface area contributed by atoms with Gasteiger partial charge in [-0.15, -0.1) is 24.0 Å². The third kappa shape index (κ3) is 8.20. The molecule has 0 aromatic rings. The van der Waals surface area contributed by atoms with Crippen molar-refractivity contribution in [3.63, 3.8) is 0 Å². The molecular weight excluding hydrogens is 403 g/mol. The molecule has 21 heavy (non-hydrogen) atoms. The van der Waals surface area contributed by atoms with Crippen LogP contribution in [0.1, 0.15) is 39.0 Å². The summed E-state index contributed by atoms with van der Waals surface area (Å²) in [7, 11) is -3.10. The summed E-state index contributed by atoms with van der Waals surface area (Å²) < 4.78 is 24.3. The van der Waals surface area contributed by atoms with Crippen molar-refractivity contribution in [3.05, 3.63) is 0 Å². The minimum Gasteiger partial charge on any atom is -0.370 e. The first-order valence-electron chi connectivity index (χ1n) is 7.45. The summed E-state index contributed by atoms with van der Waals surface area (Å²) in [6.45, 7) is 5.40. The number of guanidine groups is 1. The van der Waals surface area contributed by atoms with E-state index in [0.717, 1.165) is 13.1 Å². The highest BCUT2D eigenvalue weighted by Crippen LogP contribution is 2.09. The third-order valence-electron chi connectivity index (χ3n) is 3.59. The molecule has 1 aliphatic rings. The normalized spacial score (nSPS) is 17.5. The molecule has 0 aliphatic carbocycles. The number of halogens is 1. The Hall–Kier alpha value is -0.0900. The van der Waals surface area contributed by atoms with Gasteiger partial charge in [-0.2, -0.15) is 0 Å². The van der Waals surface area contributed by atoms with E-state index in [9.17, 15) is 8.42 Å². The van der Waals surface area contributed by atoms with E-state index in [0.29, 0.717) is 32.0 Å². The Bertz CT molecular complexity index is 406. The zero-order chi connectivity index (χ0) is 15.0. The SMILES string of the molecule is CCN(CCCN=C(N)N1CCCCCC1)S(C)(=O)=O.I. The van der Waals surface area contributed by atoms with Crippen molar-refractivity contribution in [2.75, 3.05) is 39.0 Å². The predicted octanol–water partition coefficient (Wildman–Crippen LogP) is 1.47. The molecule has 0 bridgehead atoms. The van der Waals surface area contributed by atoms with Crippen LogP contribution in [0.4, 0.5) is 0 Å². The largest absolute Gasteiger partial charge is 0.370 e. The summed E-state index contributed by atoms with van der Waals surface area (Å²) in [4.78, 5) is 6.52. The minimum absolute atomic E-state index is 0. The lowest BCUT2D eigenvalue weighted by Crippen LogP contribution is -2.38. The summed E-state index contributed by atoms with van der Waals surface area (Å²) in [6.07, 6.45) is 6.83. The van der Waals surface area contributed by atoms with Gasteiger partial charge >= 0.3 is 0 Å². The smallest absolute Gasteiger partial charge is 0.211 e. The second kappa shape index (κ2) is 10.6. The first kappa shape index (κ1) is 20.9. The Kier molecular flexibility index (Phi) is 10.6. The molecule has 0 aromatic heterocycles. The quantitative estimate of drug-likeness (QED) is 0.298. The monoisotopic (exact) mass is 432 g/mol.